The maximum absolute atomic E-state index is 14.0. The molecule has 3 rings (SSSR count). The molecule has 8 heteroatoms. The van der Waals surface area contributed by atoms with Crippen molar-refractivity contribution in [3.8, 4) is 0 Å². The number of rotatable bonds is 3. The Labute approximate surface area is 183 Å². The largest absolute Gasteiger partial charge is 0.497 e. The molecule has 2 aromatic carbocycles. The van der Waals surface area contributed by atoms with Crippen LogP contribution >= 0.6 is 39.5 Å². The summed E-state index contributed by atoms with van der Waals surface area (Å²) in [5.74, 6) is -0.479. The van der Waals surface area contributed by atoms with Crippen LogP contribution in [0.15, 0.2) is 50.7 Å². The van der Waals surface area contributed by atoms with E-state index in [0.717, 1.165) is 9.79 Å². The lowest BCUT2D eigenvalue weighted by Gasteiger charge is -2.32. The third kappa shape index (κ3) is 5.54. The molecule has 0 N–H and O–H groups in total. The highest BCUT2D eigenvalue weighted by Gasteiger charge is 2.52. The maximum atomic E-state index is 14.0. The molecule has 1 heterocycles. The van der Waals surface area contributed by atoms with Crippen LogP contribution in [0.5, 0.6) is 0 Å². The van der Waals surface area contributed by atoms with Crippen LogP contribution in [0.4, 0.5) is 8.78 Å². The van der Waals surface area contributed by atoms with Crippen molar-refractivity contribution in [1.29, 1.82) is 0 Å². The van der Waals surface area contributed by atoms with Gasteiger partial charge in [-0.05, 0) is 86.5 Å². The van der Waals surface area contributed by atoms with Crippen molar-refractivity contribution in [3.05, 3.63) is 52.5 Å². The summed E-state index contributed by atoms with van der Waals surface area (Å²) in [6, 6.07) is 10.2. The summed E-state index contributed by atoms with van der Waals surface area (Å²) < 4.78 is 38.9. The van der Waals surface area contributed by atoms with Gasteiger partial charge in [0.1, 0.15) is 11.6 Å². The van der Waals surface area contributed by atoms with Crippen molar-refractivity contribution < 1.29 is 18.1 Å². The van der Waals surface area contributed by atoms with Crippen LogP contribution in [0.2, 0.25) is 0 Å². The predicted molar refractivity (Wildman–Crippen MR) is 120 cm³/mol. The van der Waals surface area contributed by atoms with E-state index in [1.54, 1.807) is 12.1 Å². The molecule has 1 aliphatic heterocycles. The Hall–Kier alpha value is -0.535. The van der Waals surface area contributed by atoms with E-state index in [0.29, 0.717) is 9.94 Å². The lowest BCUT2D eigenvalue weighted by molar-refractivity contribution is 0.00578. The van der Waals surface area contributed by atoms with Gasteiger partial charge in [-0.25, -0.2) is 8.78 Å². The van der Waals surface area contributed by atoms with Gasteiger partial charge in [0.15, 0.2) is 0 Å². The Morgan fingerprint density at radius 2 is 1.29 bits per heavy atom. The summed E-state index contributed by atoms with van der Waals surface area (Å²) in [4.78, 5) is 1.84. The molecule has 2 aromatic rings. The Balaban J connectivity index is 0.000000237. The number of thioether (sulfide) groups is 2. The van der Waals surface area contributed by atoms with Gasteiger partial charge in [-0.2, -0.15) is 0 Å². The standard InChI is InChI=1S/C13H18BFO2S.C7H6BrFS/c1-12(2)13(3,4)17-14(16-12)10-7-6-9(18-5)8-11(10)15;1-10-5-2-3-6(8)7(9)4-5/h6-8H,1-5H3;2-4H,1H3. The number of benzene rings is 2. The van der Waals surface area contributed by atoms with Crippen molar-refractivity contribution in [1.82, 2.24) is 0 Å². The SMILES string of the molecule is CSc1ccc(B2OC(C)(C)C(C)(C)O2)c(F)c1.CSc1ccc(Br)c(F)c1. The third-order valence-electron chi connectivity index (χ3n) is 4.84. The highest BCUT2D eigenvalue weighted by atomic mass is 79.9. The molecule has 28 heavy (non-hydrogen) atoms. The minimum Gasteiger partial charge on any atom is -0.399 e. The van der Waals surface area contributed by atoms with E-state index in [9.17, 15) is 8.78 Å². The van der Waals surface area contributed by atoms with Gasteiger partial charge in [0.05, 0.1) is 15.7 Å². The lowest BCUT2D eigenvalue weighted by atomic mass is 9.79. The van der Waals surface area contributed by atoms with E-state index in [1.807, 2.05) is 52.3 Å². The van der Waals surface area contributed by atoms with Crippen molar-refractivity contribution >= 4 is 52.0 Å². The van der Waals surface area contributed by atoms with E-state index < -0.39 is 18.3 Å². The molecule has 1 saturated heterocycles. The van der Waals surface area contributed by atoms with Gasteiger partial charge < -0.3 is 9.31 Å². The highest BCUT2D eigenvalue weighted by Crippen LogP contribution is 2.36. The molecule has 0 unspecified atom stereocenters. The van der Waals surface area contributed by atoms with Gasteiger partial charge in [0.2, 0.25) is 0 Å². The second-order valence-corrected chi connectivity index (χ2v) is 9.87. The summed E-state index contributed by atoms with van der Waals surface area (Å²) in [6.07, 6.45) is 3.84. The zero-order chi connectivity index (χ0) is 21.1. The van der Waals surface area contributed by atoms with Crippen LogP contribution in [0.1, 0.15) is 27.7 Å². The van der Waals surface area contributed by atoms with E-state index in [-0.39, 0.29) is 11.6 Å². The van der Waals surface area contributed by atoms with Crippen molar-refractivity contribution in [2.45, 2.75) is 48.7 Å². The quantitative estimate of drug-likeness (QED) is 0.380. The minimum atomic E-state index is -0.633. The molecule has 1 fully saturated rings. The fourth-order valence-electron chi connectivity index (χ4n) is 2.40. The second-order valence-electron chi connectivity index (χ2n) is 7.26. The van der Waals surface area contributed by atoms with Crippen molar-refractivity contribution in [2.24, 2.45) is 0 Å². The van der Waals surface area contributed by atoms with Crippen LogP contribution in [0.25, 0.3) is 0 Å². The molecular weight excluding hydrogens is 465 g/mol. The first-order valence-electron chi connectivity index (χ1n) is 8.69. The average Bonchev–Trinajstić information content (AvgIpc) is 2.85. The third-order valence-corrected chi connectivity index (χ3v) is 6.94. The summed E-state index contributed by atoms with van der Waals surface area (Å²) in [5.41, 5.74) is -0.420. The van der Waals surface area contributed by atoms with Gasteiger partial charge in [0.25, 0.3) is 0 Å². The zero-order valence-electron chi connectivity index (χ0n) is 16.8. The molecule has 0 bridgehead atoms. The molecule has 0 atom stereocenters. The van der Waals surface area contributed by atoms with Gasteiger partial charge in [-0.3, -0.25) is 0 Å². The summed E-state index contributed by atoms with van der Waals surface area (Å²) >= 11 is 6.12. The first-order valence-corrected chi connectivity index (χ1v) is 11.9. The van der Waals surface area contributed by atoms with Crippen molar-refractivity contribution in [2.75, 3.05) is 12.5 Å². The first kappa shape index (κ1) is 23.7. The van der Waals surface area contributed by atoms with E-state index in [1.165, 1.54) is 35.7 Å². The van der Waals surface area contributed by atoms with Crippen LogP contribution in [0.3, 0.4) is 0 Å². The molecule has 0 radical (unpaired) electrons. The van der Waals surface area contributed by atoms with Crippen LogP contribution in [0, 0.1) is 11.6 Å². The van der Waals surface area contributed by atoms with Gasteiger partial charge in [0, 0.05) is 15.3 Å². The second kappa shape index (κ2) is 9.52. The highest BCUT2D eigenvalue weighted by molar-refractivity contribution is 9.10. The molecule has 0 spiro atoms. The molecule has 0 aliphatic carbocycles. The number of hydrogen-bond acceptors (Lipinski definition) is 4. The topological polar surface area (TPSA) is 18.5 Å². The Morgan fingerprint density at radius 3 is 1.71 bits per heavy atom. The van der Waals surface area contributed by atoms with Crippen LogP contribution in [-0.2, 0) is 9.31 Å². The fourth-order valence-corrected chi connectivity index (χ4v) is 3.50. The molecule has 0 saturated carbocycles. The summed E-state index contributed by atoms with van der Waals surface area (Å²) in [5, 5.41) is 0. The molecule has 0 aromatic heterocycles. The minimum absolute atomic E-state index is 0.202. The molecule has 0 amide bonds. The monoisotopic (exact) mass is 488 g/mol. The van der Waals surface area contributed by atoms with Crippen LogP contribution < -0.4 is 5.46 Å². The Kier molecular flexibility index (Phi) is 8.07. The first-order chi connectivity index (χ1) is 13.0. The normalized spacial score (nSPS) is 17.2. The number of halogens is 3. The van der Waals surface area contributed by atoms with Gasteiger partial charge in [-0.1, -0.05) is 6.07 Å². The Morgan fingerprint density at radius 1 is 0.821 bits per heavy atom. The van der Waals surface area contributed by atoms with Crippen molar-refractivity contribution in [3.63, 3.8) is 0 Å². The van der Waals surface area contributed by atoms with E-state index in [2.05, 4.69) is 15.9 Å². The zero-order valence-corrected chi connectivity index (χ0v) is 20.0. The fraction of sp³-hybridized carbons (Fsp3) is 0.400. The van der Waals surface area contributed by atoms with Crippen LogP contribution in [-0.4, -0.2) is 30.8 Å². The van der Waals surface area contributed by atoms with Gasteiger partial charge >= 0.3 is 7.12 Å². The molecule has 152 valence electrons. The average molecular weight is 489 g/mol. The van der Waals surface area contributed by atoms with E-state index in [4.69, 9.17) is 9.31 Å². The molecule has 1 aliphatic rings. The molecule has 2 nitrogen and oxygen atoms in total. The smallest absolute Gasteiger partial charge is 0.399 e. The van der Waals surface area contributed by atoms with Gasteiger partial charge in [-0.15, -0.1) is 23.5 Å². The number of hydrogen-bond donors (Lipinski definition) is 0. The lowest BCUT2D eigenvalue weighted by Crippen LogP contribution is -2.41. The molecular formula is C20H24BBrF2O2S2. The Bertz CT molecular complexity index is 818. The predicted octanol–water partition coefficient (Wildman–Crippen LogP) is 6.16. The summed E-state index contributed by atoms with van der Waals surface area (Å²) in [6.45, 7) is 7.84. The maximum Gasteiger partial charge on any atom is 0.497 e. The van der Waals surface area contributed by atoms with E-state index >= 15 is 0 Å². The summed E-state index contributed by atoms with van der Waals surface area (Å²) in [7, 11) is -0.633.